The van der Waals surface area contributed by atoms with Gasteiger partial charge in [-0.2, -0.15) is 0 Å². The highest BCUT2D eigenvalue weighted by Gasteiger charge is 2.22. The van der Waals surface area contributed by atoms with E-state index in [-0.39, 0.29) is 0 Å². The lowest BCUT2D eigenvalue weighted by molar-refractivity contribution is -0.119. The zero-order valence-corrected chi connectivity index (χ0v) is 15.7. The van der Waals surface area contributed by atoms with Crippen LogP contribution in [0.4, 0.5) is 4.79 Å². The highest BCUT2D eigenvalue weighted by Crippen LogP contribution is 2.27. The molecule has 1 N–H and O–H groups in total. The number of amides is 2. The first-order valence-corrected chi connectivity index (χ1v) is 8.96. The van der Waals surface area contributed by atoms with Crippen molar-refractivity contribution in [2.24, 2.45) is 0 Å². The first-order chi connectivity index (χ1) is 12.0. The fourth-order valence-corrected chi connectivity index (χ4v) is 3.08. The average Bonchev–Trinajstić information content (AvgIpc) is 2.98. The molecule has 0 bridgehead atoms. The Bertz CT molecular complexity index is 748. The van der Waals surface area contributed by atoms with E-state index in [4.69, 9.17) is 11.6 Å². The number of rotatable bonds is 6. The van der Waals surface area contributed by atoms with Crippen LogP contribution in [-0.4, -0.2) is 39.1 Å². The number of thioether (sulfide) groups is 1. The topological polar surface area (TPSA) is 86.1 Å². The number of ether oxygens (including phenoxy) is 1. The first-order valence-electron chi connectivity index (χ1n) is 7.70. The molecule has 0 unspecified atom stereocenters. The summed E-state index contributed by atoms with van der Waals surface area (Å²) in [7, 11) is 1.21. The van der Waals surface area contributed by atoms with Crippen molar-refractivity contribution in [3.63, 3.8) is 0 Å². The van der Waals surface area contributed by atoms with Crippen LogP contribution >= 0.6 is 23.4 Å². The number of alkyl carbamates (subject to hydrolysis) is 1. The van der Waals surface area contributed by atoms with Gasteiger partial charge >= 0.3 is 6.09 Å². The van der Waals surface area contributed by atoms with Crippen molar-refractivity contribution in [1.29, 1.82) is 0 Å². The van der Waals surface area contributed by atoms with Gasteiger partial charge in [-0.15, -0.1) is 10.2 Å². The number of hydrogen-bond acceptors (Lipinski definition) is 6. The van der Waals surface area contributed by atoms with Crippen LogP contribution in [0.1, 0.15) is 20.3 Å². The molecule has 0 spiro atoms. The van der Waals surface area contributed by atoms with Crippen molar-refractivity contribution in [3.05, 3.63) is 29.3 Å². The predicted octanol–water partition coefficient (Wildman–Crippen LogP) is 3.37. The van der Waals surface area contributed by atoms with Crippen LogP contribution in [0, 0.1) is 0 Å². The zero-order chi connectivity index (χ0) is 18.4. The van der Waals surface area contributed by atoms with Crippen molar-refractivity contribution in [2.75, 3.05) is 7.11 Å². The van der Waals surface area contributed by atoms with Gasteiger partial charge < -0.3 is 9.30 Å². The van der Waals surface area contributed by atoms with Crippen molar-refractivity contribution in [1.82, 2.24) is 20.1 Å². The summed E-state index contributed by atoms with van der Waals surface area (Å²) in [5, 5.41) is 11.3. The molecule has 2 rings (SSSR count). The lowest BCUT2D eigenvalue weighted by Crippen LogP contribution is -2.36. The number of halogens is 1. The van der Waals surface area contributed by atoms with E-state index < -0.39 is 17.3 Å². The maximum atomic E-state index is 12.0. The fraction of sp³-hybridized carbons (Fsp3) is 0.375. The van der Waals surface area contributed by atoms with E-state index in [1.807, 2.05) is 23.6 Å². The summed E-state index contributed by atoms with van der Waals surface area (Å²) in [6, 6.07) is 7.34. The molecule has 1 aromatic carbocycles. The highest BCUT2D eigenvalue weighted by atomic mass is 35.5. The number of carbonyl (C=O) groups excluding carboxylic acids is 2. The molecule has 9 heteroatoms. The Hall–Kier alpha value is -2.06. The number of aromatic nitrogens is 3. The van der Waals surface area contributed by atoms with E-state index in [1.165, 1.54) is 18.9 Å². The summed E-state index contributed by atoms with van der Waals surface area (Å²) in [5.41, 5.74) is 0.892. The van der Waals surface area contributed by atoms with Gasteiger partial charge in [-0.25, -0.2) is 4.79 Å². The van der Waals surface area contributed by atoms with E-state index in [1.54, 1.807) is 19.1 Å². The third-order valence-electron chi connectivity index (χ3n) is 3.33. The Morgan fingerprint density at radius 2 is 2.00 bits per heavy atom. The third kappa shape index (κ3) is 4.96. The van der Waals surface area contributed by atoms with Crippen LogP contribution in [0.2, 0.25) is 5.02 Å². The summed E-state index contributed by atoms with van der Waals surface area (Å²) < 4.78 is 6.39. The average molecular weight is 383 g/mol. The third-order valence-corrected chi connectivity index (χ3v) is 4.66. The molecule has 0 radical (unpaired) electrons. The van der Waals surface area contributed by atoms with Gasteiger partial charge in [-0.1, -0.05) is 30.3 Å². The fourth-order valence-electron chi connectivity index (χ4n) is 2.08. The van der Waals surface area contributed by atoms with Gasteiger partial charge in [0.1, 0.15) is 0 Å². The van der Waals surface area contributed by atoms with Gasteiger partial charge in [0.2, 0.25) is 5.91 Å². The Balaban J connectivity index is 2.22. The van der Waals surface area contributed by atoms with E-state index in [0.29, 0.717) is 22.5 Å². The van der Waals surface area contributed by atoms with Crippen LogP contribution in [0.3, 0.4) is 0 Å². The Kier molecular flexibility index (Phi) is 6.83. The Morgan fingerprint density at radius 3 is 2.60 bits per heavy atom. The molecule has 2 aromatic rings. The molecule has 1 heterocycles. The van der Waals surface area contributed by atoms with Gasteiger partial charge in [-0.3, -0.25) is 10.1 Å². The number of hydrogen-bond donors (Lipinski definition) is 1. The quantitative estimate of drug-likeness (QED) is 0.771. The summed E-state index contributed by atoms with van der Waals surface area (Å²) in [4.78, 5) is 23.2. The molecule has 0 aliphatic carbocycles. The molecule has 0 aliphatic rings. The molecule has 1 atom stereocenters. The number of benzene rings is 1. The molecule has 0 fully saturated rings. The lowest BCUT2D eigenvalue weighted by Gasteiger charge is -2.12. The van der Waals surface area contributed by atoms with Crippen LogP contribution in [0.15, 0.2) is 29.4 Å². The Morgan fingerprint density at radius 1 is 1.32 bits per heavy atom. The van der Waals surface area contributed by atoms with E-state index in [0.717, 1.165) is 12.0 Å². The summed E-state index contributed by atoms with van der Waals surface area (Å²) in [6.07, 6.45) is 0.101. The minimum absolute atomic E-state index is 0.448. The normalized spacial score (nSPS) is 11.8. The van der Waals surface area contributed by atoms with Crippen molar-refractivity contribution < 1.29 is 14.3 Å². The maximum absolute atomic E-state index is 12.0. The molecule has 0 aliphatic heterocycles. The minimum Gasteiger partial charge on any atom is -0.453 e. The molecule has 0 saturated carbocycles. The van der Waals surface area contributed by atoms with Crippen LogP contribution in [0.5, 0.6) is 0 Å². The van der Waals surface area contributed by atoms with Gasteiger partial charge in [0.25, 0.3) is 0 Å². The number of carbonyl (C=O) groups is 2. The second-order valence-corrected chi connectivity index (χ2v) is 6.95. The summed E-state index contributed by atoms with van der Waals surface area (Å²) >= 11 is 7.17. The zero-order valence-electron chi connectivity index (χ0n) is 14.2. The number of imide groups is 1. The standard InChI is InChI=1S/C16H19ClN4O3S/c1-4-9-21-13(11-5-7-12(17)8-6-11)19-20-15(21)25-10(2)14(22)18-16(23)24-3/h5-8,10H,4,9H2,1-3H3,(H,18,22,23)/t10-/m1/s1. The van der Waals surface area contributed by atoms with Gasteiger partial charge in [0.05, 0.1) is 12.4 Å². The summed E-state index contributed by atoms with van der Waals surface area (Å²) in [6.45, 7) is 4.45. The van der Waals surface area contributed by atoms with Crippen molar-refractivity contribution in [3.8, 4) is 11.4 Å². The molecular formula is C16H19ClN4O3S. The monoisotopic (exact) mass is 382 g/mol. The predicted molar refractivity (Wildman–Crippen MR) is 96.6 cm³/mol. The molecule has 2 amide bonds. The highest BCUT2D eigenvalue weighted by molar-refractivity contribution is 8.00. The van der Waals surface area contributed by atoms with Crippen LogP contribution < -0.4 is 5.32 Å². The largest absolute Gasteiger partial charge is 0.453 e. The number of nitrogens with zero attached hydrogens (tertiary/aromatic N) is 3. The SMILES string of the molecule is CCCn1c(S[C@H](C)C(=O)NC(=O)OC)nnc1-c1ccc(Cl)cc1. The molecule has 134 valence electrons. The first kappa shape index (κ1) is 19.3. The van der Waals surface area contributed by atoms with Crippen LogP contribution in [0.25, 0.3) is 11.4 Å². The number of nitrogens with one attached hydrogen (secondary N) is 1. The molecular weight excluding hydrogens is 364 g/mol. The molecule has 25 heavy (non-hydrogen) atoms. The van der Waals surface area contributed by atoms with E-state index >= 15 is 0 Å². The van der Waals surface area contributed by atoms with Crippen LogP contribution in [-0.2, 0) is 16.1 Å². The lowest BCUT2D eigenvalue weighted by atomic mass is 10.2. The number of methoxy groups -OCH3 is 1. The van der Waals surface area contributed by atoms with E-state index in [9.17, 15) is 9.59 Å². The smallest absolute Gasteiger partial charge is 0.413 e. The van der Waals surface area contributed by atoms with Crippen molar-refractivity contribution >= 4 is 35.4 Å². The van der Waals surface area contributed by atoms with E-state index in [2.05, 4.69) is 20.3 Å². The minimum atomic E-state index is -0.783. The van der Waals surface area contributed by atoms with Gasteiger partial charge in [0, 0.05) is 17.1 Å². The van der Waals surface area contributed by atoms with Gasteiger partial charge in [0.15, 0.2) is 11.0 Å². The molecule has 0 saturated heterocycles. The molecule has 7 nitrogen and oxygen atoms in total. The Labute approximate surface area is 155 Å². The summed E-state index contributed by atoms with van der Waals surface area (Å²) in [5.74, 6) is 0.262. The second-order valence-electron chi connectivity index (χ2n) is 5.21. The molecule has 1 aromatic heterocycles. The van der Waals surface area contributed by atoms with Crippen molar-refractivity contribution in [2.45, 2.75) is 37.2 Å². The van der Waals surface area contributed by atoms with Gasteiger partial charge in [-0.05, 0) is 37.6 Å². The maximum Gasteiger partial charge on any atom is 0.413 e. The second kappa shape index (κ2) is 8.87.